The van der Waals surface area contributed by atoms with E-state index >= 15 is 0 Å². The highest BCUT2D eigenvalue weighted by Gasteiger charge is 2.06. The number of hydrogen-bond acceptors (Lipinski definition) is 0. The van der Waals surface area contributed by atoms with Crippen LogP contribution in [0.1, 0.15) is 18.1 Å². The second kappa shape index (κ2) is 9.32. The van der Waals surface area contributed by atoms with Crippen molar-refractivity contribution in [2.24, 2.45) is 0 Å². The molecule has 0 unspecified atom stereocenters. The Labute approximate surface area is 184 Å². The van der Waals surface area contributed by atoms with Gasteiger partial charge in [0.25, 0.3) is 0 Å². The lowest BCUT2D eigenvalue weighted by Gasteiger charge is -2.02. The Morgan fingerprint density at radius 3 is 1.32 bits per heavy atom. The molecule has 0 aliphatic carbocycles. The van der Waals surface area contributed by atoms with Gasteiger partial charge in [0.2, 0.25) is 0 Å². The molecular weight excluding hydrogens is 374 g/mol. The van der Waals surface area contributed by atoms with E-state index in [4.69, 9.17) is 0 Å². The molecule has 0 radical (unpaired) electrons. The molecule has 4 aromatic carbocycles. The zero-order valence-corrected chi connectivity index (χ0v) is 18.0. The molecule has 1 heteroatoms. The summed E-state index contributed by atoms with van der Waals surface area (Å²) < 4.78 is 2.37. The Morgan fingerprint density at radius 1 is 0.581 bits per heavy atom. The van der Waals surface area contributed by atoms with Crippen LogP contribution in [0.2, 0.25) is 0 Å². The molecule has 0 bridgehead atoms. The minimum atomic E-state index is 1.02. The summed E-state index contributed by atoms with van der Waals surface area (Å²) >= 11 is 0. The topological polar surface area (TPSA) is 4.93 Å². The average molecular weight is 402 g/mol. The molecule has 5 aromatic rings. The van der Waals surface area contributed by atoms with Crippen LogP contribution in [0, 0.1) is 0 Å². The lowest BCUT2D eigenvalue weighted by atomic mass is 10.0. The molecule has 0 spiro atoms. The molecular formula is C30H27N. The van der Waals surface area contributed by atoms with E-state index in [0.29, 0.717) is 0 Å². The third kappa shape index (κ3) is 4.22. The number of rotatable bonds is 4. The number of nitrogens with zero attached hydrogens (tertiary/aromatic N) is 1. The summed E-state index contributed by atoms with van der Waals surface area (Å²) in [5.41, 5.74) is 7.41. The lowest BCUT2D eigenvalue weighted by Crippen LogP contribution is -1.91. The van der Waals surface area contributed by atoms with Crippen molar-refractivity contribution in [1.29, 1.82) is 0 Å². The van der Waals surface area contributed by atoms with Crippen molar-refractivity contribution in [3.05, 3.63) is 121 Å². The Hall–Kier alpha value is -3.84. The van der Waals surface area contributed by atoms with Gasteiger partial charge in [-0.2, -0.15) is 0 Å². The monoisotopic (exact) mass is 401 g/mol. The van der Waals surface area contributed by atoms with E-state index in [2.05, 4.69) is 122 Å². The fourth-order valence-electron chi connectivity index (χ4n) is 3.97. The highest BCUT2D eigenvalue weighted by Crippen LogP contribution is 2.28. The number of benzene rings is 4. The van der Waals surface area contributed by atoms with E-state index in [9.17, 15) is 0 Å². The van der Waals surface area contributed by atoms with E-state index < -0.39 is 0 Å². The van der Waals surface area contributed by atoms with Crippen molar-refractivity contribution in [3.8, 4) is 11.1 Å². The van der Waals surface area contributed by atoms with E-state index in [0.717, 1.165) is 17.7 Å². The summed E-state index contributed by atoms with van der Waals surface area (Å²) in [5, 5.41) is 2.71. The number of aryl methyl sites for hydroxylation is 1. The highest BCUT2D eigenvalue weighted by molar-refractivity contribution is 6.07. The maximum atomic E-state index is 3.74. The van der Waals surface area contributed by atoms with Gasteiger partial charge < -0.3 is 4.57 Å². The van der Waals surface area contributed by atoms with Gasteiger partial charge >= 0.3 is 0 Å². The summed E-state index contributed by atoms with van der Waals surface area (Å²) in [6, 6.07) is 33.9. The molecule has 31 heavy (non-hydrogen) atoms. The van der Waals surface area contributed by atoms with Gasteiger partial charge in [0.1, 0.15) is 0 Å². The Morgan fingerprint density at radius 2 is 0.968 bits per heavy atom. The predicted molar refractivity (Wildman–Crippen MR) is 137 cm³/mol. The van der Waals surface area contributed by atoms with Gasteiger partial charge in [-0.05, 0) is 41.3 Å². The van der Waals surface area contributed by atoms with E-state index in [-0.39, 0.29) is 0 Å². The minimum absolute atomic E-state index is 1.02. The second-order valence-corrected chi connectivity index (χ2v) is 7.43. The molecule has 152 valence electrons. The third-order valence-corrected chi connectivity index (χ3v) is 5.62. The first kappa shape index (κ1) is 20.4. The molecule has 0 aliphatic heterocycles. The fraction of sp³-hybridized carbons (Fsp3) is 0.0667. The van der Waals surface area contributed by atoms with Crippen molar-refractivity contribution in [1.82, 2.24) is 4.57 Å². The van der Waals surface area contributed by atoms with E-state index in [1.165, 1.54) is 32.9 Å². The molecule has 0 amide bonds. The molecule has 0 N–H and O–H groups in total. The highest BCUT2D eigenvalue weighted by atomic mass is 15.0. The largest absolute Gasteiger partial charge is 0.341 e. The average Bonchev–Trinajstić information content (AvgIpc) is 3.18. The van der Waals surface area contributed by atoms with Gasteiger partial charge in [-0.15, -0.1) is 0 Å². The second-order valence-electron chi connectivity index (χ2n) is 7.43. The third-order valence-electron chi connectivity index (χ3n) is 5.62. The standard InChI is InChI=1S/C16H14.C14H13N/c1-3-13-5-9-15(10-6-13)16-11-7-14(4-2)8-12-16;1-2-15-13-9-5-3-7-11(13)12-8-4-6-10-14(12)15/h3-12H,1-2H2;3-10H,2H2,1H3. The zero-order valence-electron chi connectivity index (χ0n) is 18.0. The lowest BCUT2D eigenvalue weighted by molar-refractivity contribution is 0.827. The van der Waals surface area contributed by atoms with Gasteiger partial charge in [-0.1, -0.05) is 110 Å². The minimum Gasteiger partial charge on any atom is -0.341 e. The predicted octanol–water partition coefficient (Wildman–Crippen LogP) is 8.45. The summed E-state index contributed by atoms with van der Waals surface area (Å²) in [6.07, 6.45) is 3.70. The molecule has 1 heterocycles. The number of aromatic nitrogens is 1. The van der Waals surface area contributed by atoms with Gasteiger partial charge in [0.05, 0.1) is 0 Å². The molecule has 0 fully saturated rings. The smallest absolute Gasteiger partial charge is 0.0491 e. The van der Waals surface area contributed by atoms with Crippen molar-refractivity contribution < 1.29 is 0 Å². The SMILES string of the molecule is C=Cc1ccc(-c2ccc(C=C)cc2)cc1.CCn1c2ccccc2c2ccccc21. The number of fused-ring (bicyclic) bond motifs is 3. The first-order valence-electron chi connectivity index (χ1n) is 10.7. The van der Waals surface area contributed by atoms with Crippen LogP contribution in [-0.4, -0.2) is 4.57 Å². The van der Waals surface area contributed by atoms with Gasteiger partial charge in [-0.25, -0.2) is 0 Å². The van der Waals surface area contributed by atoms with E-state index in [1.54, 1.807) is 0 Å². The normalized spacial score (nSPS) is 10.5. The summed E-state index contributed by atoms with van der Waals surface area (Å²) in [4.78, 5) is 0. The fourth-order valence-corrected chi connectivity index (χ4v) is 3.97. The van der Waals surface area contributed by atoms with Gasteiger partial charge in [0.15, 0.2) is 0 Å². The quantitative estimate of drug-likeness (QED) is 0.285. The van der Waals surface area contributed by atoms with Crippen LogP contribution in [0.15, 0.2) is 110 Å². The van der Waals surface area contributed by atoms with E-state index in [1.807, 2.05) is 12.2 Å². The van der Waals surface area contributed by atoms with Crippen molar-refractivity contribution in [2.45, 2.75) is 13.5 Å². The first-order valence-corrected chi connectivity index (χ1v) is 10.7. The van der Waals surface area contributed by atoms with Crippen LogP contribution in [0.3, 0.4) is 0 Å². The Bertz CT molecular complexity index is 1220. The van der Waals surface area contributed by atoms with Crippen molar-refractivity contribution in [2.75, 3.05) is 0 Å². The Kier molecular flexibility index (Phi) is 6.14. The maximum absolute atomic E-state index is 3.74. The van der Waals surface area contributed by atoms with Crippen LogP contribution in [-0.2, 0) is 6.54 Å². The summed E-state index contributed by atoms with van der Waals surface area (Å²) in [7, 11) is 0. The molecule has 1 aromatic heterocycles. The van der Waals surface area contributed by atoms with Crippen LogP contribution in [0.5, 0.6) is 0 Å². The zero-order chi connectivity index (χ0) is 21.6. The van der Waals surface area contributed by atoms with Crippen LogP contribution < -0.4 is 0 Å². The van der Waals surface area contributed by atoms with Crippen LogP contribution >= 0.6 is 0 Å². The maximum Gasteiger partial charge on any atom is 0.0491 e. The first-order chi connectivity index (χ1) is 15.2. The van der Waals surface area contributed by atoms with Gasteiger partial charge in [-0.3, -0.25) is 0 Å². The number of hydrogen-bond donors (Lipinski definition) is 0. The van der Waals surface area contributed by atoms with Gasteiger partial charge in [0, 0.05) is 28.4 Å². The Balaban J connectivity index is 0.000000149. The summed E-state index contributed by atoms with van der Waals surface area (Å²) in [5.74, 6) is 0. The molecule has 0 saturated carbocycles. The molecule has 0 aliphatic rings. The van der Waals surface area contributed by atoms with Crippen molar-refractivity contribution in [3.63, 3.8) is 0 Å². The molecule has 1 nitrogen and oxygen atoms in total. The summed E-state index contributed by atoms with van der Waals surface area (Å²) in [6.45, 7) is 10.7. The number of para-hydroxylation sites is 2. The van der Waals surface area contributed by atoms with Crippen molar-refractivity contribution >= 4 is 34.0 Å². The molecule has 0 saturated heterocycles. The van der Waals surface area contributed by atoms with Crippen LogP contribution in [0.4, 0.5) is 0 Å². The molecule has 5 rings (SSSR count). The molecule has 0 atom stereocenters. The van der Waals surface area contributed by atoms with Crippen LogP contribution in [0.25, 0.3) is 45.1 Å².